The second-order valence-corrected chi connectivity index (χ2v) is 7.05. The van der Waals surface area contributed by atoms with E-state index in [0.29, 0.717) is 26.3 Å². The van der Waals surface area contributed by atoms with Crippen LogP contribution in [0.25, 0.3) is 0 Å². The average molecular weight is 426 g/mol. The zero-order valence-electron chi connectivity index (χ0n) is 16.5. The maximum Gasteiger partial charge on any atom is 0.259 e. The van der Waals surface area contributed by atoms with Crippen molar-refractivity contribution < 1.29 is 23.1 Å². The van der Waals surface area contributed by atoms with Gasteiger partial charge in [-0.2, -0.15) is 0 Å². The van der Waals surface area contributed by atoms with Crippen LogP contribution in [0, 0.1) is 11.6 Å². The van der Waals surface area contributed by atoms with Crippen molar-refractivity contribution in [3.05, 3.63) is 83.8 Å². The van der Waals surface area contributed by atoms with E-state index in [2.05, 4.69) is 15.6 Å². The highest BCUT2D eigenvalue weighted by Crippen LogP contribution is 2.32. The number of ether oxygens (including phenoxy) is 1. The summed E-state index contributed by atoms with van der Waals surface area (Å²) in [7, 11) is 0. The first-order valence-electron chi connectivity index (χ1n) is 9.72. The van der Waals surface area contributed by atoms with Gasteiger partial charge in [-0.1, -0.05) is 12.1 Å². The Morgan fingerprint density at radius 3 is 2.55 bits per heavy atom. The van der Waals surface area contributed by atoms with Crippen LogP contribution in [0.5, 0.6) is 0 Å². The predicted molar refractivity (Wildman–Crippen MR) is 109 cm³/mol. The summed E-state index contributed by atoms with van der Waals surface area (Å²) >= 11 is 0. The lowest BCUT2D eigenvalue weighted by atomic mass is 9.86. The summed E-state index contributed by atoms with van der Waals surface area (Å²) in [5, 5.41) is 5.40. The van der Waals surface area contributed by atoms with E-state index in [4.69, 9.17) is 4.74 Å². The Morgan fingerprint density at radius 1 is 1.13 bits per heavy atom. The Bertz CT molecular complexity index is 1050. The van der Waals surface area contributed by atoms with Crippen LogP contribution in [0.1, 0.15) is 15.9 Å². The number of hydrogen-bond acceptors (Lipinski definition) is 5. The van der Waals surface area contributed by atoms with E-state index in [-0.39, 0.29) is 17.2 Å². The number of halogens is 2. The second-order valence-electron chi connectivity index (χ2n) is 7.05. The number of amides is 2. The Kier molecular flexibility index (Phi) is 5.77. The van der Waals surface area contributed by atoms with E-state index in [1.165, 1.54) is 42.9 Å². The van der Waals surface area contributed by atoms with Crippen LogP contribution < -0.4 is 10.6 Å². The van der Waals surface area contributed by atoms with Crippen molar-refractivity contribution in [2.45, 2.75) is 5.54 Å². The summed E-state index contributed by atoms with van der Waals surface area (Å²) in [5.41, 5.74) is -1.92. The number of benzene rings is 1. The third-order valence-corrected chi connectivity index (χ3v) is 5.18. The van der Waals surface area contributed by atoms with E-state index < -0.39 is 28.6 Å². The Balaban J connectivity index is 1.69. The van der Waals surface area contributed by atoms with Crippen LogP contribution in [0.4, 0.5) is 14.5 Å². The minimum atomic E-state index is -1.85. The molecular weight excluding hydrogens is 406 g/mol. The fourth-order valence-corrected chi connectivity index (χ4v) is 3.61. The van der Waals surface area contributed by atoms with Crippen molar-refractivity contribution in [1.82, 2.24) is 15.2 Å². The van der Waals surface area contributed by atoms with Gasteiger partial charge in [0.05, 0.1) is 36.2 Å². The SMILES string of the molecule is O=C(c1ccncc1NC(=O)C1(c2c(F)cccc2F)C=CC=CN1)N1CCOCC1. The molecule has 1 fully saturated rings. The molecule has 31 heavy (non-hydrogen) atoms. The van der Waals surface area contributed by atoms with E-state index in [9.17, 15) is 18.4 Å². The van der Waals surface area contributed by atoms with E-state index in [1.54, 1.807) is 11.0 Å². The summed E-state index contributed by atoms with van der Waals surface area (Å²) in [6.45, 7) is 1.70. The normalized spacial score (nSPS) is 20.3. The molecule has 7 nitrogen and oxygen atoms in total. The van der Waals surface area contributed by atoms with Crippen molar-refractivity contribution in [2.75, 3.05) is 31.6 Å². The highest BCUT2D eigenvalue weighted by Gasteiger charge is 2.42. The molecular formula is C22H20F2N4O3. The van der Waals surface area contributed by atoms with Gasteiger partial charge >= 0.3 is 0 Å². The standard InChI is InChI=1S/C22H20F2N4O3/c23-16-4-3-5-17(24)19(16)22(7-1-2-8-26-22)21(30)27-18-14-25-9-6-15(18)20(29)28-10-12-31-13-11-28/h1-9,14,26H,10-13H2,(H,27,30). The highest BCUT2D eigenvalue weighted by atomic mass is 19.1. The summed E-state index contributed by atoms with van der Waals surface area (Å²) in [6, 6.07) is 4.88. The Hall–Kier alpha value is -3.59. The van der Waals surface area contributed by atoms with Crippen molar-refractivity contribution in [3.63, 3.8) is 0 Å². The molecule has 1 aromatic carbocycles. The molecule has 2 aromatic rings. The first kappa shape index (κ1) is 20.7. The fourth-order valence-electron chi connectivity index (χ4n) is 3.61. The molecule has 9 heteroatoms. The Morgan fingerprint density at radius 2 is 1.87 bits per heavy atom. The molecule has 160 valence electrons. The van der Waals surface area contributed by atoms with Crippen molar-refractivity contribution in [3.8, 4) is 0 Å². The predicted octanol–water partition coefficient (Wildman–Crippen LogP) is 2.34. The van der Waals surface area contributed by atoms with E-state index in [0.717, 1.165) is 12.1 Å². The summed E-state index contributed by atoms with van der Waals surface area (Å²) < 4.78 is 34.5. The molecule has 3 heterocycles. The number of aromatic nitrogens is 1. The van der Waals surface area contributed by atoms with Gasteiger partial charge in [-0.3, -0.25) is 14.6 Å². The van der Waals surface area contributed by atoms with Gasteiger partial charge in [-0.05, 0) is 36.6 Å². The molecule has 2 amide bonds. The van der Waals surface area contributed by atoms with Gasteiger partial charge in [0, 0.05) is 19.3 Å². The number of nitrogens with zero attached hydrogens (tertiary/aromatic N) is 2. The number of carbonyl (C=O) groups is 2. The molecule has 1 aromatic heterocycles. The summed E-state index contributed by atoms with van der Waals surface area (Å²) in [4.78, 5) is 32.0. The number of pyridine rings is 1. The zero-order valence-corrected chi connectivity index (χ0v) is 16.5. The molecule has 1 saturated heterocycles. The minimum Gasteiger partial charge on any atom is -0.378 e. The first-order chi connectivity index (χ1) is 15.0. The van der Waals surface area contributed by atoms with Crippen LogP contribution >= 0.6 is 0 Å². The number of rotatable bonds is 4. The lowest BCUT2D eigenvalue weighted by Gasteiger charge is -2.33. The number of dihydropyridines is 1. The van der Waals surface area contributed by atoms with Gasteiger partial charge in [0.25, 0.3) is 11.8 Å². The van der Waals surface area contributed by atoms with Crippen LogP contribution in [0.15, 0.2) is 61.1 Å². The van der Waals surface area contributed by atoms with Crippen LogP contribution in [-0.4, -0.2) is 48.0 Å². The van der Waals surface area contributed by atoms with Crippen LogP contribution in [0.3, 0.4) is 0 Å². The van der Waals surface area contributed by atoms with Gasteiger partial charge < -0.3 is 20.3 Å². The van der Waals surface area contributed by atoms with E-state index in [1.807, 2.05) is 0 Å². The molecule has 0 saturated carbocycles. The maximum atomic E-state index is 14.6. The molecule has 0 aliphatic carbocycles. The molecule has 2 aliphatic rings. The van der Waals surface area contributed by atoms with E-state index >= 15 is 0 Å². The van der Waals surface area contributed by atoms with Crippen LogP contribution in [-0.2, 0) is 15.1 Å². The average Bonchev–Trinajstić information content (AvgIpc) is 2.80. The lowest BCUT2D eigenvalue weighted by Crippen LogP contribution is -2.50. The molecule has 1 atom stereocenters. The first-order valence-corrected chi connectivity index (χ1v) is 9.72. The molecule has 4 rings (SSSR count). The second kappa shape index (κ2) is 8.65. The molecule has 2 aliphatic heterocycles. The number of nitrogens with one attached hydrogen (secondary N) is 2. The van der Waals surface area contributed by atoms with Crippen LogP contribution in [0.2, 0.25) is 0 Å². The molecule has 2 N–H and O–H groups in total. The van der Waals surface area contributed by atoms with Crippen molar-refractivity contribution >= 4 is 17.5 Å². The van der Waals surface area contributed by atoms with Gasteiger partial charge in [-0.25, -0.2) is 8.78 Å². The molecule has 0 bridgehead atoms. The monoisotopic (exact) mass is 426 g/mol. The van der Waals surface area contributed by atoms with Gasteiger partial charge in [0.2, 0.25) is 0 Å². The number of hydrogen-bond donors (Lipinski definition) is 2. The van der Waals surface area contributed by atoms with Gasteiger partial charge in [0.15, 0.2) is 5.54 Å². The number of morpholine rings is 1. The fraction of sp³-hybridized carbons (Fsp3) is 0.227. The zero-order chi connectivity index (χ0) is 21.8. The number of allylic oxidation sites excluding steroid dienone is 2. The summed E-state index contributed by atoms with van der Waals surface area (Å²) in [5.74, 6) is -2.81. The molecule has 0 radical (unpaired) electrons. The quantitative estimate of drug-likeness (QED) is 0.784. The topological polar surface area (TPSA) is 83.6 Å². The number of carbonyl (C=O) groups excluding carboxylic acids is 2. The highest BCUT2D eigenvalue weighted by molar-refractivity contribution is 6.07. The number of anilines is 1. The van der Waals surface area contributed by atoms with Gasteiger partial charge in [-0.15, -0.1) is 0 Å². The third-order valence-electron chi connectivity index (χ3n) is 5.18. The lowest BCUT2D eigenvalue weighted by molar-refractivity contribution is -0.120. The molecule has 0 spiro atoms. The van der Waals surface area contributed by atoms with Crippen molar-refractivity contribution in [1.29, 1.82) is 0 Å². The van der Waals surface area contributed by atoms with Gasteiger partial charge in [0.1, 0.15) is 11.6 Å². The Labute approximate surface area is 177 Å². The molecule has 1 unspecified atom stereocenters. The smallest absolute Gasteiger partial charge is 0.259 e. The third kappa shape index (κ3) is 3.91. The minimum absolute atomic E-state index is 0.143. The summed E-state index contributed by atoms with van der Waals surface area (Å²) in [6.07, 6.45) is 8.68. The van der Waals surface area contributed by atoms with Crippen molar-refractivity contribution in [2.24, 2.45) is 0 Å². The maximum absolute atomic E-state index is 14.6. The largest absolute Gasteiger partial charge is 0.378 e.